The molecule has 15 heavy (non-hydrogen) atoms. The molecule has 2 unspecified atom stereocenters. The fourth-order valence-electron chi connectivity index (χ4n) is 0.820. The minimum Gasteiger partial charge on any atom is -0.392 e. The summed E-state index contributed by atoms with van der Waals surface area (Å²) < 4.78 is 5.27. The van der Waals surface area contributed by atoms with Crippen LogP contribution in [-0.4, -0.2) is 25.8 Å². The van der Waals surface area contributed by atoms with Crippen LogP contribution in [0.1, 0.15) is 40.4 Å². The zero-order valence-electron chi connectivity index (χ0n) is 9.81. The van der Waals surface area contributed by atoms with Crippen molar-refractivity contribution in [2.75, 3.05) is 0 Å². The highest BCUT2D eigenvalue weighted by Crippen LogP contribution is 2.29. The second kappa shape index (κ2) is 4.80. The van der Waals surface area contributed by atoms with Crippen molar-refractivity contribution < 1.29 is 5.11 Å². The van der Waals surface area contributed by atoms with E-state index in [-0.39, 0.29) is 16.8 Å². The Morgan fingerprint density at radius 2 is 1.93 bits per heavy atom. The van der Waals surface area contributed by atoms with E-state index in [0.717, 1.165) is 10.2 Å². The summed E-state index contributed by atoms with van der Waals surface area (Å²) in [6.45, 7) is 10.1. The van der Waals surface area contributed by atoms with Crippen LogP contribution in [0, 0.1) is 0 Å². The normalized spacial score (nSPS) is 16.4. The summed E-state index contributed by atoms with van der Waals surface area (Å²) in [7, 11) is 0. The number of hydrogen-bond donors (Lipinski definition) is 1. The number of aromatic nitrogens is 2. The third-order valence-corrected chi connectivity index (χ3v) is 4.13. The van der Waals surface area contributed by atoms with Gasteiger partial charge in [0, 0.05) is 10.7 Å². The predicted octanol–water partition coefficient (Wildman–Crippen LogP) is 2.70. The molecule has 0 aliphatic carbocycles. The lowest BCUT2D eigenvalue weighted by atomic mass is 9.96. The van der Waals surface area contributed by atoms with Gasteiger partial charge in [-0.05, 0) is 18.5 Å². The van der Waals surface area contributed by atoms with Crippen LogP contribution in [0.15, 0.2) is 4.34 Å². The Hall–Kier alpha value is -0.130. The van der Waals surface area contributed by atoms with Gasteiger partial charge in [0.1, 0.15) is 5.82 Å². The minimum absolute atomic E-state index is 0.00335. The minimum atomic E-state index is -0.322. The van der Waals surface area contributed by atoms with E-state index in [9.17, 15) is 5.11 Å². The standard InChI is InChI=1S/C10H18N2OS2/c1-6(13)7(2)14-9-11-8(12-15-9)10(3,4)5/h6-7,13H,1-5H3. The van der Waals surface area contributed by atoms with Crippen molar-refractivity contribution in [2.45, 2.75) is 55.7 Å². The average molecular weight is 246 g/mol. The summed E-state index contributed by atoms with van der Waals surface area (Å²) >= 11 is 3.00. The van der Waals surface area contributed by atoms with Gasteiger partial charge in [-0.15, -0.1) is 0 Å². The lowest BCUT2D eigenvalue weighted by molar-refractivity contribution is 0.196. The monoisotopic (exact) mass is 246 g/mol. The van der Waals surface area contributed by atoms with Crippen molar-refractivity contribution in [1.82, 2.24) is 9.36 Å². The first-order chi connectivity index (χ1) is 6.80. The number of thioether (sulfide) groups is 1. The van der Waals surface area contributed by atoms with Crippen molar-refractivity contribution in [3.63, 3.8) is 0 Å². The molecule has 3 nitrogen and oxygen atoms in total. The Balaban J connectivity index is 2.69. The van der Waals surface area contributed by atoms with Crippen molar-refractivity contribution in [2.24, 2.45) is 0 Å². The predicted molar refractivity (Wildman–Crippen MR) is 65.6 cm³/mol. The van der Waals surface area contributed by atoms with Crippen LogP contribution < -0.4 is 0 Å². The maximum absolute atomic E-state index is 9.38. The van der Waals surface area contributed by atoms with Gasteiger partial charge in [0.15, 0.2) is 4.34 Å². The largest absolute Gasteiger partial charge is 0.392 e. The molecule has 2 atom stereocenters. The lowest BCUT2D eigenvalue weighted by Crippen LogP contribution is -2.15. The first-order valence-electron chi connectivity index (χ1n) is 4.99. The maximum Gasteiger partial charge on any atom is 0.170 e. The Bertz CT molecular complexity index is 317. The van der Waals surface area contributed by atoms with Gasteiger partial charge in [-0.25, -0.2) is 4.98 Å². The highest BCUT2D eigenvalue weighted by molar-refractivity contribution is 8.01. The van der Waals surface area contributed by atoms with Crippen molar-refractivity contribution in [3.05, 3.63) is 5.82 Å². The van der Waals surface area contributed by atoms with E-state index in [1.807, 2.05) is 6.92 Å². The Kier molecular flexibility index (Phi) is 4.14. The maximum atomic E-state index is 9.38. The van der Waals surface area contributed by atoms with Crippen LogP contribution in [0.5, 0.6) is 0 Å². The summed E-state index contributed by atoms with van der Waals surface area (Å²) in [5, 5.41) is 9.54. The molecule has 1 heterocycles. The molecule has 1 N–H and O–H groups in total. The third kappa shape index (κ3) is 3.74. The van der Waals surface area contributed by atoms with Crippen LogP contribution in [0.3, 0.4) is 0 Å². The van der Waals surface area contributed by atoms with Gasteiger partial charge in [0.2, 0.25) is 0 Å². The summed E-state index contributed by atoms with van der Waals surface area (Å²) in [4.78, 5) is 4.46. The molecular formula is C10H18N2OS2. The van der Waals surface area contributed by atoms with Gasteiger partial charge >= 0.3 is 0 Å². The fourth-order valence-corrected chi connectivity index (χ4v) is 2.82. The van der Waals surface area contributed by atoms with Gasteiger partial charge in [-0.3, -0.25) is 0 Å². The zero-order valence-corrected chi connectivity index (χ0v) is 11.4. The molecule has 1 aromatic heterocycles. The smallest absolute Gasteiger partial charge is 0.170 e. The topological polar surface area (TPSA) is 46.0 Å². The van der Waals surface area contributed by atoms with Crippen molar-refractivity contribution in [3.8, 4) is 0 Å². The van der Waals surface area contributed by atoms with Gasteiger partial charge in [0.05, 0.1) is 6.10 Å². The van der Waals surface area contributed by atoms with Gasteiger partial charge in [-0.2, -0.15) is 4.37 Å². The zero-order chi connectivity index (χ0) is 11.6. The van der Waals surface area contributed by atoms with E-state index in [1.165, 1.54) is 11.5 Å². The van der Waals surface area contributed by atoms with Gasteiger partial charge in [-0.1, -0.05) is 39.5 Å². The highest BCUT2D eigenvalue weighted by Gasteiger charge is 2.21. The average Bonchev–Trinajstić information content (AvgIpc) is 2.51. The van der Waals surface area contributed by atoms with Crippen LogP contribution in [0.25, 0.3) is 0 Å². The Morgan fingerprint density at radius 3 is 2.33 bits per heavy atom. The second-order valence-electron chi connectivity index (χ2n) is 4.70. The molecule has 5 heteroatoms. The number of hydrogen-bond acceptors (Lipinski definition) is 5. The molecule has 0 fully saturated rings. The molecule has 1 aromatic rings. The highest BCUT2D eigenvalue weighted by atomic mass is 32.2. The van der Waals surface area contributed by atoms with Gasteiger partial charge in [0.25, 0.3) is 0 Å². The second-order valence-corrected chi connectivity index (χ2v) is 7.07. The first kappa shape index (κ1) is 12.9. The molecule has 0 saturated carbocycles. The van der Waals surface area contributed by atoms with Gasteiger partial charge < -0.3 is 5.11 Å². The molecular weight excluding hydrogens is 228 g/mol. The van der Waals surface area contributed by atoms with E-state index in [2.05, 4.69) is 30.1 Å². The third-order valence-electron chi connectivity index (χ3n) is 2.04. The first-order valence-corrected chi connectivity index (χ1v) is 6.65. The fraction of sp³-hybridized carbons (Fsp3) is 0.800. The van der Waals surface area contributed by atoms with E-state index in [0.29, 0.717) is 0 Å². The number of nitrogens with zero attached hydrogens (tertiary/aromatic N) is 2. The summed E-state index contributed by atoms with van der Waals surface area (Å²) in [6, 6.07) is 0. The molecule has 0 amide bonds. The number of aliphatic hydroxyl groups is 1. The molecule has 0 radical (unpaired) electrons. The molecule has 0 bridgehead atoms. The summed E-state index contributed by atoms with van der Waals surface area (Å²) in [5.41, 5.74) is 0.00335. The molecule has 0 aliphatic heterocycles. The van der Waals surface area contributed by atoms with Crippen LogP contribution in [0.2, 0.25) is 0 Å². The van der Waals surface area contributed by atoms with E-state index in [4.69, 9.17) is 0 Å². The molecule has 1 rings (SSSR count). The van der Waals surface area contributed by atoms with Crippen LogP contribution in [-0.2, 0) is 5.41 Å². The SMILES string of the molecule is CC(O)C(C)Sc1nc(C(C)(C)C)ns1. The number of aliphatic hydroxyl groups excluding tert-OH is 1. The van der Waals surface area contributed by atoms with E-state index >= 15 is 0 Å². The molecule has 0 saturated heterocycles. The number of rotatable bonds is 3. The van der Waals surface area contributed by atoms with Crippen molar-refractivity contribution in [1.29, 1.82) is 0 Å². The molecule has 86 valence electrons. The quantitative estimate of drug-likeness (QED) is 0.833. The summed E-state index contributed by atoms with van der Waals surface area (Å²) in [6.07, 6.45) is -0.322. The van der Waals surface area contributed by atoms with Crippen molar-refractivity contribution >= 4 is 23.3 Å². The van der Waals surface area contributed by atoms with E-state index < -0.39 is 0 Å². The Morgan fingerprint density at radius 1 is 1.33 bits per heavy atom. The molecule has 0 aliphatic rings. The van der Waals surface area contributed by atoms with Crippen LogP contribution in [0.4, 0.5) is 0 Å². The lowest BCUT2D eigenvalue weighted by Gasteiger charge is -2.13. The molecule has 0 aromatic carbocycles. The van der Waals surface area contributed by atoms with E-state index in [1.54, 1.807) is 18.7 Å². The summed E-state index contributed by atoms with van der Waals surface area (Å²) in [5.74, 6) is 0.882. The molecule has 0 spiro atoms. The van der Waals surface area contributed by atoms with Crippen LogP contribution >= 0.6 is 23.3 Å². The Labute approximate surface area is 99.5 Å².